The molecule has 92 valence electrons. The van der Waals surface area contributed by atoms with E-state index in [-0.39, 0.29) is 11.3 Å². The quantitative estimate of drug-likeness (QED) is 0.833. The fourth-order valence-corrected chi connectivity index (χ4v) is 3.17. The second kappa shape index (κ2) is 4.49. The van der Waals surface area contributed by atoms with Crippen molar-refractivity contribution in [2.24, 2.45) is 0 Å². The molecule has 2 aromatic rings. The lowest BCUT2D eigenvalue weighted by molar-refractivity contribution is -0.115. The average Bonchev–Trinajstić information content (AvgIpc) is 2.96. The summed E-state index contributed by atoms with van der Waals surface area (Å²) in [5, 5.41) is 3.93. The molecule has 0 aliphatic carbocycles. The summed E-state index contributed by atoms with van der Waals surface area (Å²) in [6.07, 6.45) is 0. The monoisotopic (exact) mass is 260 g/mol. The summed E-state index contributed by atoms with van der Waals surface area (Å²) in [7, 11) is 0. The molecule has 0 N–H and O–H groups in total. The summed E-state index contributed by atoms with van der Waals surface area (Å²) in [4.78, 5) is 13.7. The van der Waals surface area contributed by atoms with Crippen LogP contribution in [0.15, 0.2) is 40.9 Å². The van der Waals surface area contributed by atoms with E-state index in [1.165, 1.54) is 0 Å². The Morgan fingerprint density at radius 2 is 2.17 bits per heavy atom. The van der Waals surface area contributed by atoms with Crippen LogP contribution in [0.4, 0.5) is 5.82 Å². The first kappa shape index (κ1) is 11.3. The van der Waals surface area contributed by atoms with Gasteiger partial charge in [-0.3, -0.25) is 9.69 Å². The highest BCUT2D eigenvalue weighted by molar-refractivity contribution is 8.00. The van der Waals surface area contributed by atoms with Gasteiger partial charge in [-0.05, 0) is 12.5 Å². The molecule has 1 saturated heterocycles. The number of aromatic nitrogens is 1. The number of aryl methyl sites for hydroxylation is 1. The molecule has 4 nitrogen and oxygen atoms in total. The van der Waals surface area contributed by atoms with Gasteiger partial charge in [-0.2, -0.15) is 0 Å². The third-order valence-electron chi connectivity index (χ3n) is 2.81. The Bertz CT molecular complexity index is 567. The smallest absolute Gasteiger partial charge is 0.239 e. The van der Waals surface area contributed by atoms with Gasteiger partial charge in [-0.1, -0.05) is 35.5 Å². The maximum atomic E-state index is 12.0. The normalized spacial score (nSPS) is 19.5. The fraction of sp³-hybridized carbons (Fsp3) is 0.231. The molecule has 1 unspecified atom stereocenters. The number of anilines is 1. The highest BCUT2D eigenvalue weighted by Gasteiger charge is 2.35. The van der Waals surface area contributed by atoms with Crippen molar-refractivity contribution in [1.82, 2.24) is 5.16 Å². The zero-order valence-electron chi connectivity index (χ0n) is 9.87. The lowest BCUT2D eigenvalue weighted by atomic mass is 10.2. The molecule has 3 rings (SSSR count). The van der Waals surface area contributed by atoms with E-state index in [2.05, 4.69) is 5.16 Å². The molecule has 0 saturated carbocycles. The highest BCUT2D eigenvalue weighted by atomic mass is 32.2. The molecular weight excluding hydrogens is 248 g/mol. The molecule has 18 heavy (non-hydrogen) atoms. The van der Waals surface area contributed by atoms with Crippen molar-refractivity contribution in [3.63, 3.8) is 0 Å². The first-order valence-corrected chi connectivity index (χ1v) is 6.72. The minimum absolute atomic E-state index is 0.0109. The van der Waals surface area contributed by atoms with E-state index in [4.69, 9.17) is 4.52 Å². The van der Waals surface area contributed by atoms with Crippen LogP contribution in [0, 0.1) is 6.92 Å². The average molecular weight is 260 g/mol. The van der Waals surface area contributed by atoms with Gasteiger partial charge in [0.2, 0.25) is 5.91 Å². The first-order valence-electron chi connectivity index (χ1n) is 5.67. The number of benzene rings is 1. The number of hydrogen-bond donors (Lipinski definition) is 0. The maximum Gasteiger partial charge on any atom is 0.239 e. The SMILES string of the molecule is Cc1cc(N2C(=O)CSC2c2ccccc2)no1. The molecule has 1 aliphatic rings. The second-order valence-electron chi connectivity index (χ2n) is 4.13. The van der Waals surface area contributed by atoms with Crippen LogP contribution in [0.1, 0.15) is 16.7 Å². The molecule has 1 amide bonds. The van der Waals surface area contributed by atoms with Crippen molar-refractivity contribution in [2.75, 3.05) is 10.7 Å². The summed E-state index contributed by atoms with van der Waals surface area (Å²) in [6.45, 7) is 1.82. The van der Waals surface area contributed by atoms with E-state index < -0.39 is 0 Å². The predicted molar refractivity (Wildman–Crippen MR) is 70.4 cm³/mol. The Morgan fingerprint density at radius 3 is 2.83 bits per heavy atom. The van der Waals surface area contributed by atoms with Crippen molar-refractivity contribution < 1.29 is 9.32 Å². The number of thioether (sulfide) groups is 1. The van der Waals surface area contributed by atoms with E-state index in [9.17, 15) is 4.79 Å². The molecule has 1 aromatic heterocycles. The standard InChI is InChI=1S/C13H12N2O2S/c1-9-7-11(14-17-9)15-12(16)8-18-13(15)10-5-3-2-4-6-10/h2-7,13H,8H2,1H3. The highest BCUT2D eigenvalue weighted by Crippen LogP contribution is 2.41. The lowest BCUT2D eigenvalue weighted by Crippen LogP contribution is -2.28. The van der Waals surface area contributed by atoms with Crippen molar-refractivity contribution in [2.45, 2.75) is 12.3 Å². The van der Waals surface area contributed by atoms with Gasteiger partial charge in [0, 0.05) is 6.07 Å². The maximum absolute atomic E-state index is 12.0. The number of nitrogens with zero attached hydrogens (tertiary/aromatic N) is 2. The zero-order valence-corrected chi connectivity index (χ0v) is 10.7. The summed E-state index contributed by atoms with van der Waals surface area (Å²) in [5.41, 5.74) is 1.11. The van der Waals surface area contributed by atoms with Crippen molar-refractivity contribution in [3.8, 4) is 0 Å². The Balaban J connectivity index is 1.98. The van der Waals surface area contributed by atoms with Crippen LogP contribution in [0.2, 0.25) is 0 Å². The van der Waals surface area contributed by atoms with Crippen molar-refractivity contribution in [1.29, 1.82) is 0 Å². The van der Waals surface area contributed by atoms with E-state index in [0.29, 0.717) is 17.3 Å². The Hall–Kier alpha value is -1.75. The molecule has 1 fully saturated rings. The van der Waals surface area contributed by atoms with Crippen LogP contribution in [-0.2, 0) is 4.79 Å². The molecule has 1 aromatic carbocycles. The molecule has 1 aliphatic heterocycles. The minimum atomic E-state index is -0.0109. The predicted octanol–water partition coefficient (Wildman–Crippen LogP) is 2.76. The molecule has 0 bridgehead atoms. The van der Waals surface area contributed by atoms with E-state index in [1.807, 2.05) is 37.3 Å². The minimum Gasteiger partial charge on any atom is -0.360 e. The van der Waals surface area contributed by atoms with Crippen LogP contribution in [0.3, 0.4) is 0 Å². The largest absolute Gasteiger partial charge is 0.360 e. The van der Waals surface area contributed by atoms with Gasteiger partial charge < -0.3 is 4.52 Å². The van der Waals surface area contributed by atoms with Gasteiger partial charge in [0.05, 0.1) is 5.75 Å². The van der Waals surface area contributed by atoms with Gasteiger partial charge in [0.25, 0.3) is 0 Å². The van der Waals surface area contributed by atoms with Crippen LogP contribution in [0.5, 0.6) is 0 Å². The Morgan fingerprint density at radius 1 is 1.39 bits per heavy atom. The molecule has 0 radical (unpaired) electrons. The Kier molecular flexibility index (Phi) is 2.83. The van der Waals surface area contributed by atoms with Gasteiger partial charge in [-0.15, -0.1) is 11.8 Å². The summed E-state index contributed by atoms with van der Waals surface area (Å²) < 4.78 is 5.06. The summed E-state index contributed by atoms with van der Waals surface area (Å²) in [5.74, 6) is 1.85. The molecular formula is C13H12N2O2S. The van der Waals surface area contributed by atoms with Gasteiger partial charge in [-0.25, -0.2) is 0 Å². The third-order valence-corrected chi connectivity index (χ3v) is 4.03. The second-order valence-corrected chi connectivity index (χ2v) is 5.20. The van der Waals surface area contributed by atoms with Crippen molar-refractivity contribution in [3.05, 3.63) is 47.7 Å². The van der Waals surface area contributed by atoms with Gasteiger partial charge in [0.1, 0.15) is 11.1 Å². The number of amides is 1. The lowest BCUT2D eigenvalue weighted by Gasteiger charge is -2.21. The van der Waals surface area contributed by atoms with Crippen LogP contribution in [0.25, 0.3) is 0 Å². The summed E-state index contributed by atoms with van der Waals surface area (Å²) in [6, 6.07) is 11.8. The molecule has 1 atom stereocenters. The van der Waals surface area contributed by atoms with Crippen molar-refractivity contribution >= 4 is 23.5 Å². The summed E-state index contributed by atoms with van der Waals surface area (Å²) >= 11 is 1.61. The van der Waals surface area contributed by atoms with Gasteiger partial charge >= 0.3 is 0 Å². The van der Waals surface area contributed by atoms with E-state index >= 15 is 0 Å². The number of carbonyl (C=O) groups is 1. The third kappa shape index (κ3) is 1.90. The Labute approximate surface area is 109 Å². The fourth-order valence-electron chi connectivity index (χ4n) is 2.00. The first-order chi connectivity index (χ1) is 8.75. The molecule has 0 spiro atoms. The topological polar surface area (TPSA) is 46.3 Å². The number of rotatable bonds is 2. The van der Waals surface area contributed by atoms with E-state index in [0.717, 1.165) is 5.56 Å². The van der Waals surface area contributed by atoms with Crippen LogP contribution >= 0.6 is 11.8 Å². The number of hydrogen-bond acceptors (Lipinski definition) is 4. The number of carbonyl (C=O) groups excluding carboxylic acids is 1. The zero-order chi connectivity index (χ0) is 12.5. The molecule has 5 heteroatoms. The van der Waals surface area contributed by atoms with Crippen LogP contribution < -0.4 is 4.90 Å². The molecule has 2 heterocycles. The van der Waals surface area contributed by atoms with Gasteiger partial charge in [0.15, 0.2) is 5.82 Å². The van der Waals surface area contributed by atoms with Crippen LogP contribution in [-0.4, -0.2) is 16.8 Å². The van der Waals surface area contributed by atoms with E-state index in [1.54, 1.807) is 22.7 Å².